The third-order valence-corrected chi connectivity index (χ3v) is 6.76. The average Bonchev–Trinajstić information content (AvgIpc) is 2.95. The lowest BCUT2D eigenvalue weighted by atomic mass is 9.96. The molecule has 3 aromatic rings. The second-order valence-electron chi connectivity index (χ2n) is 10.5. The molecule has 0 fully saturated rings. The van der Waals surface area contributed by atoms with Crippen LogP contribution >= 0.6 is 0 Å². The number of ether oxygens (including phenoxy) is 1. The molecule has 0 radical (unpaired) electrons. The lowest BCUT2D eigenvalue weighted by Crippen LogP contribution is -2.51. The van der Waals surface area contributed by atoms with E-state index in [2.05, 4.69) is 5.32 Å². The summed E-state index contributed by atoms with van der Waals surface area (Å²) in [6.45, 7) is 6.88. The Hall–Kier alpha value is -3.66. The number of aliphatic hydroxyl groups is 2. The number of rotatable bonds is 15. The molecule has 0 aromatic heterocycles. The molecule has 226 valence electrons. The second-order valence-corrected chi connectivity index (χ2v) is 10.5. The Bertz CT molecular complexity index is 1290. The van der Waals surface area contributed by atoms with Crippen molar-refractivity contribution in [3.63, 3.8) is 0 Å². The monoisotopic (exact) mass is 582 g/mol. The normalized spacial score (nSPS) is 13.3. The molecule has 3 aromatic carbocycles. The number of nitrogens with one attached hydrogen (secondary N) is 1. The fraction of sp³-hybridized carbons (Fsp3) is 0.394. The number of halogens is 2. The van der Waals surface area contributed by atoms with Crippen LogP contribution in [0, 0.1) is 18.6 Å². The first-order chi connectivity index (χ1) is 20.1. The first-order valence-electron chi connectivity index (χ1n) is 14.3. The fourth-order valence-corrected chi connectivity index (χ4v) is 4.81. The maximum atomic E-state index is 13.9. The van der Waals surface area contributed by atoms with Crippen LogP contribution in [0.1, 0.15) is 64.1 Å². The van der Waals surface area contributed by atoms with Gasteiger partial charge in [-0.2, -0.15) is 0 Å². The molecule has 0 aliphatic carbocycles. The van der Waals surface area contributed by atoms with Crippen LogP contribution in [-0.4, -0.2) is 64.9 Å². The number of aryl methyl sites for hydroxylation is 1. The third kappa shape index (κ3) is 9.72. The van der Waals surface area contributed by atoms with Crippen molar-refractivity contribution in [1.29, 1.82) is 0 Å². The van der Waals surface area contributed by atoms with Crippen LogP contribution in [0.15, 0.2) is 66.7 Å². The first-order valence-corrected chi connectivity index (χ1v) is 14.3. The van der Waals surface area contributed by atoms with Crippen molar-refractivity contribution < 1.29 is 33.3 Å². The molecule has 0 aliphatic rings. The van der Waals surface area contributed by atoms with Gasteiger partial charge in [-0.3, -0.25) is 9.59 Å². The van der Waals surface area contributed by atoms with Gasteiger partial charge in [-0.05, 0) is 73.2 Å². The minimum Gasteiger partial charge on any atom is -0.388 e. The van der Waals surface area contributed by atoms with Crippen molar-refractivity contribution in [2.45, 2.75) is 64.9 Å². The van der Waals surface area contributed by atoms with E-state index < -0.39 is 35.8 Å². The molecule has 0 saturated heterocycles. The summed E-state index contributed by atoms with van der Waals surface area (Å²) >= 11 is 0. The summed E-state index contributed by atoms with van der Waals surface area (Å²) < 4.78 is 33.4. The van der Waals surface area contributed by atoms with Gasteiger partial charge in [0.25, 0.3) is 11.8 Å². The first kappa shape index (κ1) is 32.8. The van der Waals surface area contributed by atoms with E-state index in [1.807, 2.05) is 44.2 Å². The highest BCUT2D eigenvalue weighted by Crippen LogP contribution is 2.17. The van der Waals surface area contributed by atoms with Crippen molar-refractivity contribution in [1.82, 2.24) is 10.2 Å². The summed E-state index contributed by atoms with van der Waals surface area (Å²) in [6, 6.07) is 15.9. The van der Waals surface area contributed by atoms with Gasteiger partial charge in [-0.15, -0.1) is 0 Å². The van der Waals surface area contributed by atoms with Crippen LogP contribution in [0.3, 0.4) is 0 Å². The number of hydrogen-bond donors (Lipinski definition) is 3. The topological polar surface area (TPSA) is 99.1 Å². The number of benzene rings is 3. The van der Waals surface area contributed by atoms with Crippen LogP contribution in [-0.2, 0) is 17.8 Å². The van der Waals surface area contributed by atoms with E-state index in [-0.39, 0.29) is 36.7 Å². The molecule has 42 heavy (non-hydrogen) atoms. The van der Waals surface area contributed by atoms with Gasteiger partial charge in [0.05, 0.1) is 19.3 Å². The quantitative estimate of drug-likeness (QED) is 0.239. The van der Waals surface area contributed by atoms with E-state index >= 15 is 0 Å². The van der Waals surface area contributed by atoms with Gasteiger partial charge in [0.15, 0.2) is 0 Å². The molecular formula is C33H40F2N2O5. The molecule has 0 heterocycles. The Morgan fingerprint density at radius 2 is 1.50 bits per heavy atom. The van der Waals surface area contributed by atoms with Crippen molar-refractivity contribution >= 4 is 11.8 Å². The Balaban J connectivity index is 1.81. The zero-order valence-electron chi connectivity index (χ0n) is 24.4. The van der Waals surface area contributed by atoms with E-state index in [1.54, 1.807) is 24.0 Å². The van der Waals surface area contributed by atoms with Gasteiger partial charge < -0.3 is 25.2 Å². The van der Waals surface area contributed by atoms with Crippen LogP contribution in [0.5, 0.6) is 0 Å². The maximum absolute atomic E-state index is 13.9. The molecule has 3 N–H and O–H groups in total. The summed E-state index contributed by atoms with van der Waals surface area (Å²) in [5.41, 5.74) is 2.30. The van der Waals surface area contributed by atoms with Crippen molar-refractivity contribution in [2.75, 3.05) is 19.7 Å². The molecule has 7 nitrogen and oxygen atoms in total. The highest BCUT2D eigenvalue weighted by molar-refractivity contribution is 6.00. The maximum Gasteiger partial charge on any atom is 0.253 e. The standard InChI is InChI=1S/C33H40F2N2O5/c1-4-11-37(12-5-2)33(41)26-14-22(3)13-25(18-26)32(40)36-29(17-24-15-27(34)19-28(35)16-24)31(39)30(38)21-42-20-23-9-7-6-8-10-23/h6-10,13-16,18-19,29-31,38-39H,4-5,11-12,17,20-21H2,1-3H3,(H,36,40). The predicted molar refractivity (Wildman–Crippen MR) is 157 cm³/mol. The number of hydrogen-bond acceptors (Lipinski definition) is 5. The van der Waals surface area contributed by atoms with E-state index in [0.29, 0.717) is 24.2 Å². The molecule has 3 atom stereocenters. The van der Waals surface area contributed by atoms with E-state index in [1.165, 1.54) is 6.07 Å². The van der Waals surface area contributed by atoms with E-state index in [4.69, 9.17) is 4.74 Å². The molecule has 0 bridgehead atoms. The number of carbonyl (C=O) groups is 2. The summed E-state index contributed by atoms with van der Waals surface area (Å²) in [5.74, 6) is -2.40. The predicted octanol–water partition coefficient (Wildman–Crippen LogP) is 4.82. The molecule has 2 amide bonds. The van der Waals surface area contributed by atoms with Crippen LogP contribution < -0.4 is 5.32 Å². The molecule has 3 rings (SSSR count). The summed E-state index contributed by atoms with van der Waals surface area (Å²) in [7, 11) is 0. The Kier molecular flexibility index (Phi) is 12.6. The fourth-order valence-electron chi connectivity index (χ4n) is 4.81. The van der Waals surface area contributed by atoms with Crippen LogP contribution in [0.4, 0.5) is 8.78 Å². The molecule has 9 heteroatoms. The van der Waals surface area contributed by atoms with Gasteiger partial charge in [0, 0.05) is 30.3 Å². The minimum atomic E-state index is -1.54. The smallest absolute Gasteiger partial charge is 0.253 e. The second kappa shape index (κ2) is 16.1. The Labute approximate surface area is 246 Å². The minimum absolute atomic E-state index is 0.171. The van der Waals surface area contributed by atoms with E-state index in [0.717, 1.165) is 36.6 Å². The number of nitrogens with zero attached hydrogens (tertiary/aromatic N) is 1. The highest BCUT2D eigenvalue weighted by atomic mass is 19.1. The molecule has 0 saturated carbocycles. The lowest BCUT2D eigenvalue weighted by molar-refractivity contribution is -0.0543. The van der Waals surface area contributed by atoms with Crippen LogP contribution in [0.2, 0.25) is 0 Å². The van der Waals surface area contributed by atoms with Crippen LogP contribution in [0.25, 0.3) is 0 Å². The van der Waals surface area contributed by atoms with Gasteiger partial charge in [-0.25, -0.2) is 8.78 Å². The summed E-state index contributed by atoms with van der Waals surface area (Å²) in [6.07, 6.45) is -1.53. The van der Waals surface area contributed by atoms with Crippen molar-refractivity contribution in [3.8, 4) is 0 Å². The van der Waals surface area contributed by atoms with Crippen molar-refractivity contribution in [3.05, 3.63) is 106 Å². The number of aliphatic hydroxyl groups excluding tert-OH is 2. The Morgan fingerprint density at radius 3 is 2.12 bits per heavy atom. The van der Waals surface area contributed by atoms with Gasteiger partial charge >= 0.3 is 0 Å². The van der Waals surface area contributed by atoms with Gasteiger partial charge in [-0.1, -0.05) is 44.2 Å². The zero-order chi connectivity index (χ0) is 30.6. The molecule has 3 unspecified atom stereocenters. The third-order valence-electron chi connectivity index (χ3n) is 6.76. The molecule has 0 spiro atoms. The summed E-state index contributed by atoms with van der Waals surface area (Å²) in [5, 5.41) is 24.5. The molecular weight excluding hydrogens is 542 g/mol. The zero-order valence-corrected chi connectivity index (χ0v) is 24.4. The molecule has 0 aliphatic heterocycles. The average molecular weight is 583 g/mol. The largest absolute Gasteiger partial charge is 0.388 e. The lowest BCUT2D eigenvalue weighted by Gasteiger charge is -2.28. The Morgan fingerprint density at radius 1 is 0.881 bits per heavy atom. The van der Waals surface area contributed by atoms with Gasteiger partial charge in [0.2, 0.25) is 0 Å². The highest BCUT2D eigenvalue weighted by Gasteiger charge is 2.29. The van der Waals surface area contributed by atoms with Gasteiger partial charge in [0.1, 0.15) is 23.8 Å². The summed E-state index contributed by atoms with van der Waals surface area (Å²) in [4.78, 5) is 28.4. The SMILES string of the molecule is CCCN(CCC)C(=O)c1cc(C)cc(C(=O)NC(Cc2cc(F)cc(F)c2)C(O)C(O)COCc2ccccc2)c1. The number of carbonyl (C=O) groups excluding carboxylic acids is 2. The van der Waals surface area contributed by atoms with E-state index in [9.17, 15) is 28.6 Å². The number of amides is 2. The van der Waals surface area contributed by atoms with Crippen molar-refractivity contribution in [2.24, 2.45) is 0 Å².